The molecular weight excluding hydrogens is 244 g/mol. The molecule has 0 fully saturated rings. The summed E-state index contributed by atoms with van der Waals surface area (Å²) in [6.45, 7) is 8.87. The molecule has 5 heteroatoms. The Hall–Kier alpha value is -1.26. The first kappa shape index (κ1) is 17.7. The molecule has 0 spiro atoms. The van der Waals surface area contributed by atoms with Crippen molar-refractivity contribution in [3.63, 3.8) is 0 Å². The van der Waals surface area contributed by atoms with Crippen molar-refractivity contribution in [1.82, 2.24) is 10.6 Å². The molecule has 0 heterocycles. The highest BCUT2D eigenvalue weighted by molar-refractivity contribution is 5.75. The van der Waals surface area contributed by atoms with Crippen molar-refractivity contribution in [2.45, 2.75) is 65.4 Å². The van der Waals surface area contributed by atoms with Gasteiger partial charge in [-0.05, 0) is 40.0 Å². The number of nitrogens with one attached hydrogen (secondary N) is 2. The fourth-order valence-electron chi connectivity index (χ4n) is 1.44. The van der Waals surface area contributed by atoms with Crippen LogP contribution < -0.4 is 10.6 Å². The molecule has 0 aliphatic rings. The zero-order valence-electron chi connectivity index (χ0n) is 12.7. The van der Waals surface area contributed by atoms with Gasteiger partial charge in [0.05, 0.1) is 0 Å². The Bertz CT molecular complexity index is 272. The van der Waals surface area contributed by atoms with E-state index in [4.69, 9.17) is 4.74 Å². The van der Waals surface area contributed by atoms with Crippen LogP contribution in [0.1, 0.15) is 59.8 Å². The molecule has 0 bridgehead atoms. The van der Waals surface area contributed by atoms with Gasteiger partial charge in [-0.3, -0.25) is 4.79 Å². The van der Waals surface area contributed by atoms with E-state index in [2.05, 4.69) is 10.6 Å². The van der Waals surface area contributed by atoms with Crippen molar-refractivity contribution in [2.75, 3.05) is 13.1 Å². The highest BCUT2D eigenvalue weighted by Gasteiger charge is 2.15. The zero-order chi connectivity index (χ0) is 14.7. The summed E-state index contributed by atoms with van der Waals surface area (Å²) < 4.78 is 5.11. The molecule has 0 unspecified atom stereocenters. The predicted octanol–water partition coefficient (Wildman–Crippen LogP) is 2.60. The third-order valence-electron chi connectivity index (χ3n) is 2.32. The first-order valence-electron chi connectivity index (χ1n) is 7.08. The second-order valence-corrected chi connectivity index (χ2v) is 5.59. The van der Waals surface area contributed by atoms with Gasteiger partial charge in [-0.1, -0.05) is 13.3 Å². The number of rotatable bonds is 8. The van der Waals surface area contributed by atoms with Crippen LogP contribution in [0.2, 0.25) is 0 Å². The molecule has 2 amide bonds. The minimum atomic E-state index is -0.457. The lowest BCUT2D eigenvalue weighted by molar-refractivity contribution is -0.121. The van der Waals surface area contributed by atoms with Crippen molar-refractivity contribution >= 4 is 12.0 Å². The maximum absolute atomic E-state index is 11.3. The van der Waals surface area contributed by atoms with Gasteiger partial charge in [0.15, 0.2) is 0 Å². The van der Waals surface area contributed by atoms with Crippen LogP contribution >= 0.6 is 0 Å². The van der Waals surface area contributed by atoms with Gasteiger partial charge in [-0.15, -0.1) is 0 Å². The van der Waals surface area contributed by atoms with Crippen molar-refractivity contribution in [3.8, 4) is 0 Å². The van der Waals surface area contributed by atoms with E-state index in [-0.39, 0.29) is 12.0 Å². The number of unbranched alkanes of at least 4 members (excludes halogenated alkanes) is 2. The Morgan fingerprint density at radius 3 is 2.26 bits per heavy atom. The molecule has 2 N–H and O–H groups in total. The zero-order valence-corrected chi connectivity index (χ0v) is 12.7. The Balaban J connectivity index is 3.41. The van der Waals surface area contributed by atoms with Gasteiger partial charge in [0.1, 0.15) is 5.60 Å². The van der Waals surface area contributed by atoms with Crippen LogP contribution in [0.3, 0.4) is 0 Å². The Kier molecular flexibility index (Phi) is 9.00. The van der Waals surface area contributed by atoms with Gasteiger partial charge in [-0.25, -0.2) is 4.79 Å². The van der Waals surface area contributed by atoms with Gasteiger partial charge in [0, 0.05) is 19.5 Å². The first-order chi connectivity index (χ1) is 8.85. The number of ether oxygens (including phenoxy) is 1. The number of amides is 2. The standard InChI is InChI=1S/C14H28N2O3/c1-5-10-15-12(17)9-7-6-8-11-16-13(18)19-14(2,3)4/h5-11H2,1-4H3,(H,15,17)(H,16,18). The summed E-state index contributed by atoms with van der Waals surface area (Å²) in [5.41, 5.74) is -0.457. The quantitative estimate of drug-likeness (QED) is 0.667. The van der Waals surface area contributed by atoms with Crippen LogP contribution in [-0.4, -0.2) is 30.7 Å². The second kappa shape index (κ2) is 9.64. The molecule has 0 aromatic heterocycles. The second-order valence-electron chi connectivity index (χ2n) is 5.59. The molecule has 0 saturated heterocycles. The molecule has 112 valence electrons. The van der Waals surface area contributed by atoms with E-state index in [1.54, 1.807) is 0 Å². The van der Waals surface area contributed by atoms with E-state index in [9.17, 15) is 9.59 Å². The number of carbonyl (C=O) groups excluding carboxylic acids is 2. The third-order valence-corrected chi connectivity index (χ3v) is 2.32. The highest BCUT2D eigenvalue weighted by Crippen LogP contribution is 2.06. The molecule has 0 aliphatic heterocycles. The summed E-state index contributed by atoms with van der Waals surface area (Å²) in [5, 5.41) is 5.54. The largest absolute Gasteiger partial charge is 0.444 e. The van der Waals surface area contributed by atoms with E-state index in [1.165, 1.54) is 0 Å². The van der Waals surface area contributed by atoms with E-state index in [1.807, 2.05) is 27.7 Å². The van der Waals surface area contributed by atoms with Crippen LogP contribution in [0.25, 0.3) is 0 Å². The van der Waals surface area contributed by atoms with E-state index >= 15 is 0 Å². The molecule has 0 rings (SSSR count). The fourth-order valence-corrected chi connectivity index (χ4v) is 1.44. The molecule has 0 aromatic carbocycles. The minimum absolute atomic E-state index is 0.113. The molecule has 5 nitrogen and oxygen atoms in total. The lowest BCUT2D eigenvalue weighted by atomic mass is 10.2. The van der Waals surface area contributed by atoms with Crippen LogP contribution in [0.15, 0.2) is 0 Å². The van der Waals surface area contributed by atoms with Crippen LogP contribution in [0.5, 0.6) is 0 Å². The SMILES string of the molecule is CCCNC(=O)CCCCCNC(=O)OC(C)(C)C. The maximum Gasteiger partial charge on any atom is 0.407 e. The van der Waals surface area contributed by atoms with Crippen molar-refractivity contribution in [1.29, 1.82) is 0 Å². The summed E-state index contributed by atoms with van der Waals surface area (Å²) in [6.07, 6.45) is 3.78. The first-order valence-corrected chi connectivity index (χ1v) is 7.08. The van der Waals surface area contributed by atoms with Gasteiger partial charge < -0.3 is 15.4 Å². The van der Waals surface area contributed by atoms with Gasteiger partial charge in [0.2, 0.25) is 5.91 Å². The Morgan fingerprint density at radius 2 is 1.68 bits per heavy atom. The van der Waals surface area contributed by atoms with Crippen LogP contribution in [-0.2, 0) is 9.53 Å². The third kappa shape index (κ3) is 13.0. The number of hydrogen-bond acceptors (Lipinski definition) is 3. The normalized spacial score (nSPS) is 10.9. The fraction of sp³-hybridized carbons (Fsp3) is 0.857. The minimum Gasteiger partial charge on any atom is -0.444 e. The summed E-state index contributed by atoms with van der Waals surface area (Å²) in [7, 11) is 0. The average Bonchev–Trinajstić information content (AvgIpc) is 2.28. The Labute approximate surface area is 116 Å². The molecule has 19 heavy (non-hydrogen) atoms. The predicted molar refractivity (Wildman–Crippen MR) is 76.0 cm³/mol. The maximum atomic E-state index is 11.3. The molecule has 0 saturated carbocycles. The topological polar surface area (TPSA) is 67.4 Å². The lowest BCUT2D eigenvalue weighted by Gasteiger charge is -2.19. The number of hydrogen-bond donors (Lipinski definition) is 2. The summed E-state index contributed by atoms with van der Waals surface area (Å²) >= 11 is 0. The molecule has 0 radical (unpaired) electrons. The average molecular weight is 272 g/mol. The summed E-state index contributed by atoms with van der Waals surface area (Å²) in [6, 6.07) is 0. The van der Waals surface area contributed by atoms with Gasteiger partial charge in [-0.2, -0.15) is 0 Å². The highest BCUT2D eigenvalue weighted by atomic mass is 16.6. The molecule has 0 atom stereocenters. The van der Waals surface area contributed by atoms with E-state index in [0.717, 1.165) is 32.2 Å². The summed E-state index contributed by atoms with van der Waals surface area (Å²) in [5.74, 6) is 0.113. The molecule has 0 aromatic rings. The molecule has 0 aliphatic carbocycles. The van der Waals surface area contributed by atoms with E-state index in [0.29, 0.717) is 13.0 Å². The van der Waals surface area contributed by atoms with Gasteiger partial charge in [0.25, 0.3) is 0 Å². The summed E-state index contributed by atoms with van der Waals surface area (Å²) in [4.78, 5) is 22.6. The van der Waals surface area contributed by atoms with Crippen LogP contribution in [0.4, 0.5) is 4.79 Å². The number of carbonyl (C=O) groups is 2. The number of alkyl carbamates (subject to hydrolysis) is 1. The molecular formula is C14H28N2O3. The van der Waals surface area contributed by atoms with Crippen molar-refractivity contribution in [3.05, 3.63) is 0 Å². The van der Waals surface area contributed by atoms with Crippen molar-refractivity contribution < 1.29 is 14.3 Å². The van der Waals surface area contributed by atoms with Crippen molar-refractivity contribution in [2.24, 2.45) is 0 Å². The smallest absolute Gasteiger partial charge is 0.407 e. The monoisotopic (exact) mass is 272 g/mol. The van der Waals surface area contributed by atoms with E-state index < -0.39 is 5.60 Å². The lowest BCUT2D eigenvalue weighted by Crippen LogP contribution is -2.33. The van der Waals surface area contributed by atoms with Gasteiger partial charge >= 0.3 is 6.09 Å². The Morgan fingerprint density at radius 1 is 1.00 bits per heavy atom. The van der Waals surface area contributed by atoms with Crippen LogP contribution in [0, 0.1) is 0 Å².